The molecule has 4 saturated carbocycles. The van der Waals surface area contributed by atoms with Gasteiger partial charge in [-0.25, -0.2) is 0 Å². The van der Waals surface area contributed by atoms with Crippen LogP contribution in [-0.2, 0) is 57.2 Å². The summed E-state index contributed by atoms with van der Waals surface area (Å²) in [5.74, 6) is -6.84. The Hall–Kier alpha value is -3.18. The molecule has 0 spiro atoms. The second-order valence-corrected chi connectivity index (χ2v) is 13.8. The summed E-state index contributed by atoms with van der Waals surface area (Å²) in [7, 11) is 2.53. The Morgan fingerprint density at radius 1 is 0.738 bits per heavy atom. The Balaban J connectivity index is 1.15. The molecule has 0 radical (unpaired) electrons. The van der Waals surface area contributed by atoms with Crippen LogP contribution in [0.5, 0.6) is 0 Å². The van der Waals surface area contributed by atoms with Crippen LogP contribution in [0, 0.1) is 58.2 Å². The lowest BCUT2D eigenvalue weighted by Crippen LogP contribution is -2.48. The molecule has 0 aromatic heterocycles. The maximum atomic E-state index is 13.7. The van der Waals surface area contributed by atoms with Crippen molar-refractivity contribution in [1.29, 1.82) is 0 Å². The monoisotopic (exact) mass is 590 g/mol. The molecule has 6 aliphatic rings. The lowest BCUT2D eigenvalue weighted by atomic mass is 9.72. The quantitative estimate of drug-likeness (QED) is 0.283. The van der Waals surface area contributed by atoms with Crippen molar-refractivity contribution < 1.29 is 57.2 Å². The van der Waals surface area contributed by atoms with Crippen LogP contribution in [0.15, 0.2) is 0 Å². The lowest BCUT2D eigenvalue weighted by molar-refractivity contribution is -0.181. The topological polar surface area (TPSA) is 158 Å². The van der Waals surface area contributed by atoms with Crippen molar-refractivity contribution in [3.05, 3.63) is 0 Å². The summed E-state index contributed by atoms with van der Waals surface area (Å²) < 4.78 is 33.0. The largest absolute Gasteiger partial charge is 0.469 e. The number of ether oxygens (including phenoxy) is 6. The van der Waals surface area contributed by atoms with Gasteiger partial charge in [-0.1, -0.05) is 6.92 Å². The van der Waals surface area contributed by atoms with Gasteiger partial charge in [0.05, 0.1) is 48.7 Å². The normalized spacial score (nSPS) is 41.7. The highest BCUT2D eigenvalue weighted by Gasteiger charge is 2.71. The Labute approximate surface area is 243 Å². The van der Waals surface area contributed by atoms with Crippen molar-refractivity contribution in [2.45, 2.75) is 77.8 Å². The Morgan fingerprint density at radius 3 is 1.57 bits per heavy atom. The van der Waals surface area contributed by atoms with E-state index in [1.54, 1.807) is 20.8 Å². The second-order valence-electron chi connectivity index (χ2n) is 13.8. The smallest absolute Gasteiger partial charge is 0.312 e. The average molecular weight is 591 g/mol. The standard InChI is InChI=1S/C30H38O12/c1-7-30(4,28(36)42-22-12-9-14-18(16(12)24(32)38-6)26(34)40-20(14)22)10-29(2,3)27(35)41-21-11-8-13-17(15(11)23(31)37-5)25(33)39-19(13)21/h11-22H,7-10H2,1-6H3. The van der Waals surface area contributed by atoms with Gasteiger partial charge in [-0.15, -0.1) is 0 Å². The van der Waals surface area contributed by atoms with E-state index in [0.717, 1.165) is 0 Å². The summed E-state index contributed by atoms with van der Waals surface area (Å²) in [5.41, 5.74) is -2.26. The highest BCUT2D eigenvalue weighted by Crippen LogP contribution is 2.60. The van der Waals surface area contributed by atoms with Crippen LogP contribution in [0.3, 0.4) is 0 Å². The molecule has 13 atom stereocenters. The predicted molar refractivity (Wildman–Crippen MR) is 138 cm³/mol. The maximum Gasteiger partial charge on any atom is 0.312 e. The lowest BCUT2D eigenvalue weighted by Gasteiger charge is -2.38. The maximum absolute atomic E-state index is 13.7. The summed E-state index contributed by atoms with van der Waals surface area (Å²) in [6, 6.07) is 0. The minimum atomic E-state index is -1.15. The van der Waals surface area contributed by atoms with E-state index >= 15 is 0 Å². The molecule has 12 nitrogen and oxygen atoms in total. The molecule has 0 amide bonds. The van der Waals surface area contributed by atoms with Gasteiger partial charge < -0.3 is 28.4 Å². The third-order valence-electron chi connectivity index (χ3n) is 11.2. The van der Waals surface area contributed by atoms with Crippen LogP contribution in [0.2, 0.25) is 0 Å². The molecule has 13 unspecified atom stereocenters. The first-order valence-electron chi connectivity index (χ1n) is 14.8. The summed E-state index contributed by atoms with van der Waals surface area (Å²) in [4.78, 5) is 77.4. The number of methoxy groups -OCH3 is 2. The van der Waals surface area contributed by atoms with Crippen LogP contribution >= 0.6 is 0 Å². The molecular formula is C30H38O12. The van der Waals surface area contributed by atoms with E-state index in [9.17, 15) is 28.8 Å². The molecule has 2 heterocycles. The van der Waals surface area contributed by atoms with Gasteiger partial charge in [0.1, 0.15) is 24.4 Å². The highest BCUT2D eigenvalue weighted by molar-refractivity contribution is 5.87. The molecule has 2 aliphatic heterocycles. The van der Waals surface area contributed by atoms with E-state index in [0.29, 0.717) is 19.3 Å². The van der Waals surface area contributed by atoms with Gasteiger partial charge in [-0.3, -0.25) is 28.8 Å². The number of esters is 6. The van der Waals surface area contributed by atoms with Gasteiger partial charge in [-0.05, 0) is 46.5 Å². The van der Waals surface area contributed by atoms with Crippen LogP contribution < -0.4 is 0 Å². The molecule has 4 bridgehead atoms. The van der Waals surface area contributed by atoms with Crippen molar-refractivity contribution in [3.63, 3.8) is 0 Å². The van der Waals surface area contributed by atoms with Crippen molar-refractivity contribution >= 4 is 35.8 Å². The Bertz CT molecular complexity index is 1240. The van der Waals surface area contributed by atoms with Crippen molar-refractivity contribution in [2.24, 2.45) is 58.2 Å². The molecule has 0 aromatic carbocycles. The number of hydrogen-bond donors (Lipinski definition) is 0. The fraction of sp³-hybridized carbons (Fsp3) is 0.800. The number of carbonyl (C=O) groups is 6. The minimum Gasteiger partial charge on any atom is -0.469 e. The minimum absolute atomic E-state index is 0.0802. The van der Waals surface area contributed by atoms with Crippen molar-refractivity contribution in [2.75, 3.05) is 14.2 Å². The molecule has 12 heteroatoms. The summed E-state index contributed by atoms with van der Waals surface area (Å²) in [5, 5.41) is 0. The Morgan fingerprint density at radius 2 is 1.17 bits per heavy atom. The predicted octanol–water partition coefficient (Wildman–Crippen LogP) is 1.60. The number of rotatable bonds is 9. The molecule has 0 aromatic rings. The van der Waals surface area contributed by atoms with E-state index in [1.807, 2.05) is 6.92 Å². The summed E-state index contributed by atoms with van der Waals surface area (Å²) >= 11 is 0. The first kappa shape index (κ1) is 28.9. The fourth-order valence-electron chi connectivity index (χ4n) is 9.15. The second kappa shape index (κ2) is 9.67. The van der Waals surface area contributed by atoms with E-state index < -0.39 is 94.7 Å². The number of hydrogen-bond acceptors (Lipinski definition) is 12. The molecular weight excluding hydrogens is 552 g/mol. The van der Waals surface area contributed by atoms with E-state index in [2.05, 4.69) is 0 Å². The zero-order chi connectivity index (χ0) is 30.5. The van der Waals surface area contributed by atoms with Crippen LogP contribution in [-0.4, -0.2) is 74.5 Å². The molecule has 6 fully saturated rings. The molecule has 42 heavy (non-hydrogen) atoms. The summed E-state index contributed by atoms with van der Waals surface area (Å²) in [6.45, 7) is 6.90. The van der Waals surface area contributed by atoms with Crippen molar-refractivity contribution in [3.8, 4) is 0 Å². The van der Waals surface area contributed by atoms with Crippen LogP contribution in [0.25, 0.3) is 0 Å². The zero-order valence-corrected chi connectivity index (χ0v) is 24.7. The van der Waals surface area contributed by atoms with Gasteiger partial charge in [0, 0.05) is 23.7 Å². The van der Waals surface area contributed by atoms with Crippen LogP contribution in [0.1, 0.15) is 53.4 Å². The fourth-order valence-corrected chi connectivity index (χ4v) is 9.15. The van der Waals surface area contributed by atoms with E-state index in [1.165, 1.54) is 14.2 Å². The number of carbonyl (C=O) groups excluding carboxylic acids is 6. The third-order valence-corrected chi connectivity index (χ3v) is 11.2. The third kappa shape index (κ3) is 3.92. The van der Waals surface area contributed by atoms with E-state index in [-0.39, 0.29) is 30.1 Å². The first-order valence-corrected chi connectivity index (χ1v) is 14.8. The van der Waals surface area contributed by atoms with Gasteiger partial charge in [0.25, 0.3) is 0 Å². The van der Waals surface area contributed by atoms with Gasteiger partial charge in [0.15, 0.2) is 0 Å². The Kier molecular flexibility index (Phi) is 6.66. The van der Waals surface area contributed by atoms with Crippen molar-refractivity contribution in [1.82, 2.24) is 0 Å². The van der Waals surface area contributed by atoms with Crippen LogP contribution in [0.4, 0.5) is 0 Å². The highest BCUT2D eigenvalue weighted by atomic mass is 16.6. The first-order chi connectivity index (χ1) is 19.8. The molecule has 0 N–H and O–H groups in total. The zero-order valence-electron chi connectivity index (χ0n) is 24.7. The van der Waals surface area contributed by atoms with E-state index in [4.69, 9.17) is 28.4 Å². The number of fused-ring (bicyclic) bond motifs is 2. The summed E-state index contributed by atoms with van der Waals surface area (Å²) in [6.07, 6.45) is -1.27. The van der Waals surface area contributed by atoms with Gasteiger partial charge in [-0.2, -0.15) is 0 Å². The van der Waals surface area contributed by atoms with Gasteiger partial charge in [0.2, 0.25) is 0 Å². The van der Waals surface area contributed by atoms with Gasteiger partial charge >= 0.3 is 35.8 Å². The SMILES string of the molecule is CCC(C)(CC(C)(C)C(=O)OC1C2CC3C1OC(=O)C3C2C(=O)OC)C(=O)OC1C2CC3C1OC(=O)C3C2C(=O)OC. The molecule has 2 saturated heterocycles. The average Bonchev–Trinajstić information content (AvgIpc) is 3.75. The molecule has 6 rings (SSSR count). The molecule has 4 aliphatic carbocycles. The molecule has 230 valence electrons.